The molecule has 2 aromatic heterocycles. The van der Waals surface area contributed by atoms with E-state index in [1.807, 2.05) is 17.6 Å². The third kappa shape index (κ3) is 3.93. The number of alkyl halides is 3. The van der Waals surface area contributed by atoms with Crippen molar-refractivity contribution < 1.29 is 18.0 Å². The zero-order valence-corrected chi connectivity index (χ0v) is 13.5. The van der Waals surface area contributed by atoms with Gasteiger partial charge >= 0.3 is 6.18 Å². The molecule has 0 saturated heterocycles. The van der Waals surface area contributed by atoms with Gasteiger partial charge in [0.2, 0.25) is 11.9 Å². The molecule has 138 valence electrons. The molecule has 2 aromatic rings. The molecule has 1 aliphatic rings. The molecule has 1 aliphatic carbocycles. The lowest BCUT2D eigenvalue weighted by Crippen LogP contribution is -2.27. The molecule has 1 unspecified atom stereocenters. The highest BCUT2D eigenvalue weighted by molar-refractivity contribution is 5.91. The monoisotopic (exact) mass is 356 g/mol. The van der Waals surface area contributed by atoms with Crippen molar-refractivity contribution in [3.8, 4) is 0 Å². The zero-order chi connectivity index (χ0) is 17.5. The molecule has 1 amide bonds. The molecule has 0 aromatic carbocycles. The first-order valence-corrected chi connectivity index (χ1v) is 7.98. The maximum atomic E-state index is 12.6. The van der Waals surface area contributed by atoms with Crippen LogP contribution in [0.15, 0.2) is 12.1 Å². The number of carbonyl (C=O) groups excluding carboxylic acids is 1. The average molecular weight is 356 g/mol. The number of fused-ring (bicyclic) bond motifs is 1. The number of anilines is 1. The molecule has 1 N–H and O–H groups in total. The molecular formula is C17H23F3N4O. The maximum Gasteiger partial charge on any atom is 0.392 e. The van der Waals surface area contributed by atoms with Crippen molar-refractivity contribution >= 4 is 23.0 Å². The van der Waals surface area contributed by atoms with Crippen LogP contribution in [0.1, 0.15) is 51.8 Å². The number of rotatable bonds is 4. The van der Waals surface area contributed by atoms with Gasteiger partial charge in [-0.15, -0.1) is 0 Å². The Morgan fingerprint density at radius 3 is 2.60 bits per heavy atom. The maximum absolute atomic E-state index is 12.6. The molecule has 0 bridgehead atoms. The lowest BCUT2D eigenvalue weighted by atomic mass is 9.93. The van der Waals surface area contributed by atoms with Gasteiger partial charge in [-0.1, -0.05) is 14.4 Å². The molecular weight excluding hydrogens is 333 g/mol. The predicted molar refractivity (Wildman–Crippen MR) is 90.3 cm³/mol. The Hall–Kier alpha value is -2.12. The largest absolute Gasteiger partial charge is 0.392 e. The summed E-state index contributed by atoms with van der Waals surface area (Å²) in [6.07, 6.45) is -2.03. The highest BCUT2D eigenvalue weighted by Crippen LogP contribution is 2.37. The second kappa shape index (κ2) is 7.01. The van der Waals surface area contributed by atoms with Gasteiger partial charge in [0.05, 0.1) is 5.92 Å². The van der Waals surface area contributed by atoms with E-state index in [4.69, 9.17) is 0 Å². The summed E-state index contributed by atoms with van der Waals surface area (Å²) in [6, 6.07) is 3.80. The van der Waals surface area contributed by atoms with Gasteiger partial charge in [0, 0.05) is 18.2 Å². The summed E-state index contributed by atoms with van der Waals surface area (Å²) < 4.78 is 39.7. The number of imidazole rings is 1. The van der Waals surface area contributed by atoms with Crippen molar-refractivity contribution in [3.63, 3.8) is 0 Å². The minimum Gasteiger partial charge on any atom is -0.296 e. The second-order valence-electron chi connectivity index (χ2n) is 6.38. The molecule has 5 nitrogen and oxygen atoms in total. The molecule has 0 spiro atoms. The quantitative estimate of drug-likeness (QED) is 0.869. The van der Waals surface area contributed by atoms with Crippen molar-refractivity contribution in [1.29, 1.82) is 0 Å². The summed E-state index contributed by atoms with van der Waals surface area (Å²) >= 11 is 0. The number of pyridine rings is 1. The Labute approximate surface area is 144 Å². The molecule has 1 atom stereocenters. The minimum atomic E-state index is -4.38. The Morgan fingerprint density at radius 1 is 1.36 bits per heavy atom. The van der Waals surface area contributed by atoms with Crippen LogP contribution in [0.25, 0.3) is 11.2 Å². The summed E-state index contributed by atoms with van der Waals surface area (Å²) in [5, 5.41) is 2.54. The molecule has 1 saturated carbocycles. The first-order chi connectivity index (χ1) is 11.3. The summed E-state index contributed by atoms with van der Waals surface area (Å²) in [5.41, 5.74) is 2.12. The topological polar surface area (TPSA) is 59.8 Å². The molecule has 2 heterocycles. The fraction of sp³-hybridized carbons (Fsp3) is 0.588. The number of hydrogen-bond donors (Lipinski definition) is 1. The van der Waals surface area contributed by atoms with Crippen molar-refractivity contribution in [2.75, 3.05) is 5.32 Å². The van der Waals surface area contributed by atoms with Gasteiger partial charge in [-0.3, -0.25) is 14.7 Å². The van der Waals surface area contributed by atoms with Crippen molar-refractivity contribution in [2.24, 2.45) is 5.92 Å². The normalized spacial score (nSPS) is 16.2. The number of carbonyl (C=O) groups is 1. The lowest BCUT2D eigenvalue weighted by molar-refractivity contribution is -0.173. The van der Waals surface area contributed by atoms with Crippen LogP contribution < -0.4 is 5.32 Å². The van der Waals surface area contributed by atoms with E-state index in [1.54, 1.807) is 6.07 Å². The van der Waals surface area contributed by atoms with Gasteiger partial charge in [0.25, 0.3) is 0 Å². The van der Waals surface area contributed by atoms with Crippen LogP contribution in [-0.4, -0.2) is 26.6 Å². The van der Waals surface area contributed by atoms with Crippen molar-refractivity contribution in [1.82, 2.24) is 14.5 Å². The summed E-state index contributed by atoms with van der Waals surface area (Å²) in [5.74, 6) is -2.10. The molecule has 3 rings (SSSR count). The van der Waals surface area contributed by atoms with Gasteiger partial charge in [0.1, 0.15) is 5.52 Å². The van der Waals surface area contributed by atoms with Crippen LogP contribution in [0.2, 0.25) is 0 Å². The molecule has 25 heavy (non-hydrogen) atoms. The van der Waals surface area contributed by atoms with Gasteiger partial charge in [-0.05, 0) is 38.3 Å². The summed E-state index contributed by atoms with van der Waals surface area (Å²) in [7, 11) is 0. The third-order valence-electron chi connectivity index (χ3n) is 4.42. The summed E-state index contributed by atoms with van der Waals surface area (Å²) in [4.78, 5) is 20.8. The molecule has 0 aliphatic heterocycles. The fourth-order valence-corrected chi connectivity index (χ4v) is 2.72. The molecule has 0 radical (unpaired) electrons. The number of aromatic nitrogens is 3. The van der Waals surface area contributed by atoms with E-state index in [9.17, 15) is 18.0 Å². The first-order valence-electron chi connectivity index (χ1n) is 7.98. The number of halogens is 3. The second-order valence-corrected chi connectivity index (χ2v) is 6.38. The standard InChI is InChI=1S/C16H19F3N4O.CH4/c1-9(16(17,18)19)8-13(24)22-15-21-12-7-6-10(2)20-14(12)23(15)11-4-3-5-11;/h6-7,9,11H,3-5,8H2,1-2H3,(H,21,22,24);1H4. The summed E-state index contributed by atoms with van der Waals surface area (Å²) in [6.45, 7) is 2.86. The Kier molecular flexibility index (Phi) is 5.39. The number of aryl methyl sites for hydroxylation is 1. The van der Waals surface area contributed by atoms with E-state index in [0.717, 1.165) is 31.9 Å². The number of nitrogens with zero attached hydrogens (tertiary/aromatic N) is 3. The lowest BCUT2D eigenvalue weighted by Gasteiger charge is -2.28. The van der Waals surface area contributed by atoms with E-state index in [2.05, 4.69) is 15.3 Å². The van der Waals surface area contributed by atoms with Gasteiger partial charge in [-0.25, -0.2) is 9.97 Å². The van der Waals surface area contributed by atoms with Crippen LogP contribution in [-0.2, 0) is 4.79 Å². The van der Waals surface area contributed by atoms with Crippen LogP contribution in [0.4, 0.5) is 19.1 Å². The van der Waals surface area contributed by atoms with E-state index < -0.39 is 24.4 Å². The molecule has 1 fully saturated rings. The smallest absolute Gasteiger partial charge is 0.296 e. The Morgan fingerprint density at radius 2 is 2.04 bits per heavy atom. The molecule has 8 heteroatoms. The van der Waals surface area contributed by atoms with Crippen LogP contribution in [0, 0.1) is 12.8 Å². The number of nitrogens with one attached hydrogen (secondary N) is 1. The van der Waals surface area contributed by atoms with Gasteiger partial charge < -0.3 is 0 Å². The Balaban J connectivity index is 0.00000225. The highest BCUT2D eigenvalue weighted by Gasteiger charge is 2.37. The average Bonchev–Trinajstić information content (AvgIpc) is 2.74. The van der Waals surface area contributed by atoms with Crippen LogP contribution in [0.3, 0.4) is 0 Å². The Bertz CT molecular complexity index is 765. The van der Waals surface area contributed by atoms with Crippen LogP contribution in [0.5, 0.6) is 0 Å². The van der Waals surface area contributed by atoms with Gasteiger partial charge in [0.15, 0.2) is 5.65 Å². The van der Waals surface area contributed by atoms with E-state index in [0.29, 0.717) is 11.2 Å². The zero-order valence-electron chi connectivity index (χ0n) is 13.5. The van der Waals surface area contributed by atoms with Crippen molar-refractivity contribution in [2.45, 2.75) is 59.2 Å². The predicted octanol–water partition coefficient (Wildman–Crippen LogP) is 4.63. The fourth-order valence-electron chi connectivity index (χ4n) is 2.72. The van der Waals surface area contributed by atoms with Gasteiger partial charge in [-0.2, -0.15) is 13.2 Å². The van der Waals surface area contributed by atoms with E-state index in [-0.39, 0.29) is 19.4 Å². The third-order valence-corrected chi connectivity index (χ3v) is 4.42. The first kappa shape index (κ1) is 19.2. The minimum absolute atomic E-state index is 0. The van der Waals surface area contributed by atoms with Crippen LogP contribution >= 0.6 is 0 Å². The highest BCUT2D eigenvalue weighted by atomic mass is 19.4. The number of hydrogen-bond acceptors (Lipinski definition) is 3. The number of amides is 1. The van der Waals surface area contributed by atoms with E-state index in [1.165, 1.54) is 0 Å². The SMILES string of the molecule is C.Cc1ccc2nc(NC(=O)CC(C)C(F)(F)F)n(C3CCC3)c2n1. The van der Waals surface area contributed by atoms with Crippen molar-refractivity contribution in [3.05, 3.63) is 17.8 Å². The van der Waals surface area contributed by atoms with E-state index >= 15 is 0 Å².